The predicted octanol–water partition coefficient (Wildman–Crippen LogP) is 5.74. The molecule has 0 saturated carbocycles. The lowest BCUT2D eigenvalue weighted by Gasteiger charge is -2.16. The Morgan fingerprint density at radius 1 is 1.14 bits per heavy atom. The number of unbranched alkanes of at least 4 members (excludes halogenated alkanes) is 1. The van der Waals surface area contributed by atoms with Gasteiger partial charge in [-0.15, -0.1) is 0 Å². The molecule has 0 bridgehead atoms. The molecule has 0 N–H and O–H groups in total. The van der Waals surface area contributed by atoms with Gasteiger partial charge in [-0.1, -0.05) is 43.7 Å². The molecule has 0 aromatic heterocycles. The van der Waals surface area contributed by atoms with Crippen molar-refractivity contribution in [2.24, 2.45) is 0 Å². The highest BCUT2D eigenvalue weighted by Gasteiger charge is 2.20. The van der Waals surface area contributed by atoms with Crippen molar-refractivity contribution >= 4 is 22.5 Å². The minimum Gasteiger partial charge on any atom is -0.493 e. The summed E-state index contributed by atoms with van der Waals surface area (Å²) in [6, 6.07) is 13.1. The summed E-state index contributed by atoms with van der Waals surface area (Å²) >= 11 is 2.10. The van der Waals surface area contributed by atoms with E-state index in [-0.39, 0.29) is 4.70 Å². The van der Waals surface area contributed by atoms with Crippen LogP contribution in [0, 0.1) is 0 Å². The average Bonchev–Trinajstić information content (AvgIpc) is 3.01. The molecule has 3 rings (SSSR count). The number of thioether (sulfide) groups is 1. The van der Waals surface area contributed by atoms with Crippen molar-refractivity contribution < 1.29 is 9.44 Å². The average molecular weight is 306 g/mol. The third kappa shape index (κ3) is 3.52. The molecule has 1 saturated heterocycles. The lowest BCUT2D eigenvalue weighted by atomic mass is 9.99. The monoisotopic (exact) mass is 306 g/mol. The van der Waals surface area contributed by atoms with Crippen LogP contribution in [-0.4, -0.2) is 12.4 Å². The van der Waals surface area contributed by atoms with Gasteiger partial charge < -0.3 is 4.74 Å². The number of halogens is 1. The summed E-state index contributed by atoms with van der Waals surface area (Å²) < 4.78 is 5.97. The number of rotatable bonds is 5. The summed E-state index contributed by atoms with van der Waals surface area (Å²) in [7, 11) is 0. The van der Waals surface area contributed by atoms with Crippen LogP contribution in [0.1, 0.15) is 43.4 Å². The molecule has 114 valence electrons. The second kappa shape index (κ2) is 7.69. The molecule has 0 aliphatic carbocycles. The molecule has 2 aromatic carbocycles. The van der Waals surface area contributed by atoms with Crippen LogP contribution in [-0.2, 0) is 0 Å². The molecule has 21 heavy (non-hydrogen) atoms. The van der Waals surface area contributed by atoms with Gasteiger partial charge in [-0.2, -0.15) is 11.8 Å². The van der Waals surface area contributed by atoms with Gasteiger partial charge in [0.25, 0.3) is 0 Å². The van der Waals surface area contributed by atoms with Gasteiger partial charge in [0.1, 0.15) is 5.75 Å². The van der Waals surface area contributed by atoms with Crippen molar-refractivity contribution in [3.63, 3.8) is 0 Å². The number of hydrogen-bond donors (Lipinski definition) is 0. The molecule has 1 aliphatic heterocycles. The third-order valence-corrected chi connectivity index (χ3v) is 5.37. The minimum absolute atomic E-state index is 0. The van der Waals surface area contributed by atoms with Crippen LogP contribution in [0.5, 0.6) is 5.75 Å². The minimum atomic E-state index is 0. The van der Waals surface area contributed by atoms with Gasteiger partial charge in [0.05, 0.1) is 6.61 Å². The van der Waals surface area contributed by atoms with Crippen molar-refractivity contribution in [3.05, 3.63) is 42.0 Å². The normalized spacial score (nSPS) is 17.7. The Balaban J connectivity index is 0.00000161. The molecule has 1 nitrogen and oxygen atoms in total. The maximum atomic E-state index is 5.97. The van der Waals surface area contributed by atoms with Gasteiger partial charge in [0, 0.05) is 10.6 Å². The molecule has 1 heterocycles. The fraction of sp³-hybridized carbons (Fsp3) is 0.444. The van der Waals surface area contributed by atoms with Crippen LogP contribution < -0.4 is 4.74 Å². The Hall–Kier alpha value is -1.22. The Kier molecular flexibility index (Phi) is 5.92. The van der Waals surface area contributed by atoms with E-state index >= 15 is 0 Å². The topological polar surface area (TPSA) is 9.23 Å². The first kappa shape index (κ1) is 16.2. The van der Waals surface area contributed by atoms with Crippen LogP contribution in [0.15, 0.2) is 36.4 Å². The van der Waals surface area contributed by atoms with E-state index in [1.54, 1.807) is 0 Å². The van der Waals surface area contributed by atoms with Crippen molar-refractivity contribution in [3.8, 4) is 5.75 Å². The maximum Gasteiger partial charge on any atom is 0.127 e. The summed E-state index contributed by atoms with van der Waals surface area (Å²) in [4.78, 5) is 0. The summed E-state index contributed by atoms with van der Waals surface area (Å²) in [6.07, 6.45) is 4.95. The third-order valence-electron chi connectivity index (χ3n) is 3.95. The zero-order valence-corrected chi connectivity index (χ0v) is 13.3. The highest BCUT2D eigenvalue weighted by molar-refractivity contribution is 7.99. The zero-order chi connectivity index (χ0) is 13.8. The number of hydrogen-bond acceptors (Lipinski definition) is 2. The van der Waals surface area contributed by atoms with E-state index in [0.717, 1.165) is 18.8 Å². The summed E-state index contributed by atoms with van der Waals surface area (Å²) in [5.74, 6) is 2.34. The Labute approximate surface area is 130 Å². The molecular formula is C18H23FOS. The van der Waals surface area contributed by atoms with Gasteiger partial charge >= 0.3 is 0 Å². The molecule has 3 heteroatoms. The molecule has 1 atom stereocenters. The van der Waals surface area contributed by atoms with Crippen LogP contribution in [0.3, 0.4) is 0 Å². The first-order valence-electron chi connectivity index (χ1n) is 7.66. The van der Waals surface area contributed by atoms with E-state index in [0.29, 0.717) is 5.25 Å². The van der Waals surface area contributed by atoms with Gasteiger partial charge in [-0.25, -0.2) is 0 Å². The van der Waals surface area contributed by atoms with E-state index < -0.39 is 0 Å². The van der Waals surface area contributed by atoms with E-state index in [1.165, 1.54) is 41.4 Å². The summed E-state index contributed by atoms with van der Waals surface area (Å²) in [5.41, 5.74) is 1.49. The lowest BCUT2D eigenvalue weighted by molar-refractivity contribution is 0.313. The highest BCUT2D eigenvalue weighted by atomic mass is 32.2. The zero-order valence-electron chi connectivity index (χ0n) is 12.5. The van der Waals surface area contributed by atoms with Crippen LogP contribution in [0.25, 0.3) is 10.8 Å². The fourth-order valence-electron chi connectivity index (χ4n) is 2.85. The summed E-state index contributed by atoms with van der Waals surface area (Å²) in [6.45, 7) is 3.01. The van der Waals surface area contributed by atoms with Crippen molar-refractivity contribution in [2.45, 2.75) is 37.9 Å². The second-order valence-corrected chi connectivity index (χ2v) is 6.71. The molecule has 1 fully saturated rings. The number of benzene rings is 2. The summed E-state index contributed by atoms with van der Waals surface area (Å²) in [5, 5.41) is 3.32. The van der Waals surface area contributed by atoms with Gasteiger partial charge in [-0.05, 0) is 42.0 Å². The molecular weight excluding hydrogens is 283 g/mol. The van der Waals surface area contributed by atoms with Gasteiger partial charge in [-0.3, -0.25) is 4.70 Å². The molecule has 1 aliphatic rings. The fourth-order valence-corrected chi connectivity index (χ4v) is 4.19. The largest absolute Gasteiger partial charge is 0.493 e. The van der Waals surface area contributed by atoms with Crippen LogP contribution in [0.2, 0.25) is 0 Å². The second-order valence-electron chi connectivity index (χ2n) is 5.40. The molecule has 0 spiro atoms. The standard InChI is InChI=1S/C18H22OS.FH/c1-2-3-12-19-17-11-10-16(18-9-6-13-20-18)14-7-4-5-8-15(14)17;/h4-5,7-8,10-11,18H,2-3,6,9,12-13H2,1H3;1H. The van der Waals surface area contributed by atoms with Crippen LogP contribution in [0.4, 0.5) is 4.70 Å². The maximum absolute atomic E-state index is 5.97. The molecule has 1 unspecified atom stereocenters. The quantitative estimate of drug-likeness (QED) is 0.651. The molecule has 2 aromatic rings. The number of fused-ring (bicyclic) bond motifs is 1. The smallest absolute Gasteiger partial charge is 0.127 e. The van der Waals surface area contributed by atoms with Crippen molar-refractivity contribution in [2.75, 3.05) is 12.4 Å². The van der Waals surface area contributed by atoms with E-state index in [4.69, 9.17) is 4.74 Å². The highest BCUT2D eigenvalue weighted by Crippen LogP contribution is 2.43. The van der Waals surface area contributed by atoms with E-state index in [2.05, 4.69) is 55.1 Å². The van der Waals surface area contributed by atoms with Gasteiger partial charge in [0.2, 0.25) is 0 Å². The van der Waals surface area contributed by atoms with Crippen molar-refractivity contribution in [1.29, 1.82) is 0 Å². The number of ether oxygens (including phenoxy) is 1. The molecule has 0 radical (unpaired) electrons. The Bertz CT molecular complexity index is 578. The lowest BCUT2D eigenvalue weighted by Crippen LogP contribution is -1.98. The van der Waals surface area contributed by atoms with E-state index in [1.807, 2.05) is 0 Å². The van der Waals surface area contributed by atoms with E-state index in [9.17, 15) is 0 Å². The Morgan fingerprint density at radius 3 is 2.67 bits per heavy atom. The van der Waals surface area contributed by atoms with Crippen LogP contribution >= 0.6 is 11.8 Å². The predicted molar refractivity (Wildman–Crippen MR) is 91.3 cm³/mol. The Morgan fingerprint density at radius 2 is 1.95 bits per heavy atom. The van der Waals surface area contributed by atoms with Gasteiger partial charge in [0.15, 0.2) is 0 Å². The first-order valence-corrected chi connectivity index (χ1v) is 8.71. The van der Waals surface area contributed by atoms with Crippen molar-refractivity contribution in [1.82, 2.24) is 0 Å². The first-order chi connectivity index (χ1) is 9.90. The molecule has 0 amide bonds. The SMILES string of the molecule is CCCCOc1ccc(C2CCCS2)c2ccccc12.F.